The first-order chi connectivity index (χ1) is 11.6. The number of nitrogens with zero attached hydrogens (tertiary/aromatic N) is 1. The molecular weight excluding hydrogens is 398 g/mol. The van der Waals surface area contributed by atoms with Crippen LogP contribution in [0.1, 0.15) is 11.1 Å². The Labute approximate surface area is 150 Å². The molecule has 0 aromatic heterocycles. The van der Waals surface area contributed by atoms with Crippen LogP contribution in [0.3, 0.4) is 0 Å². The number of carbonyl (C=O) groups excluding carboxylic acids is 1. The summed E-state index contributed by atoms with van der Waals surface area (Å²) in [4.78, 5) is 16.4. The second kappa shape index (κ2) is 5.96. The highest BCUT2D eigenvalue weighted by Gasteiger charge is 2.26. The lowest BCUT2D eigenvalue weighted by Gasteiger charge is -2.02. The molecule has 2 aromatic carbocycles. The molecule has 0 saturated heterocycles. The van der Waals surface area contributed by atoms with E-state index in [4.69, 9.17) is 25.8 Å². The number of cyclic esters (lactones) is 1. The Balaban J connectivity index is 1.73. The number of rotatable bonds is 2. The van der Waals surface area contributed by atoms with Gasteiger partial charge in [0, 0.05) is 4.47 Å². The number of carbonyl (C=O) groups is 1. The van der Waals surface area contributed by atoms with Crippen LogP contribution in [0.2, 0.25) is 5.02 Å². The lowest BCUT2D eigenvalue weighted by Crippen LogP contribution is -2.05. The minimum Gasteiger partial charge on any atom is -0.454 e. The Kier molecular flexibility index (Phi) is 3.78. The number of hydrogen-bond acceptors (Lipinski definition) is 5. The van der Waals surface area contributed by atoms with E-state index in [0.29, 0.717) is 22.1 Å². The summed E-state index contributed by atoms with van der Waals surface area (Å²) in [6.45, 7) is 0.179. The smallest absolute Gasteiger partial charge is 0.363 e. The zero-order valence-electron chi connectivity index (χ0n) is 12.1. The summed E-state index contributed by atoms with van der Waals surface area (Å²) in [6.07, 6.45) is 1.62. The van der Waals surface area contributed by atoms with Crippen LogP contribution >= 0.6 is 27.5 Å². The number of esters is 1. The van der Waals surface area contributed by atoms with Crippen molar-refractivity contribution < 1.29 is 19.0 Å². The van der Waals surface area contributed by atoms with Gasteiger partial charge in [-0.25, -0.2) is 9.79 Å². The van der Waals surface area contributed by atoms with E-state index in [1.165, 1.54) is 0 Å². The number of ether oxygens (including phenoxy) is 3. The molecule has 2 aromatic rings. The number of fused-ring (bicyclic) bond motifs is 1. The van der Waals surface area contributed by atoms with Crippen molar-refractivity contribution in [3.8, 4) is 11.5 Å². The third-order valence-corrected chi connectivity index (χ3v) is 4.53. The van der Waals surface area contributed by atoms with Crippen LogP contribution in [0.4, 0.5) is 0 Å². The quantitative estimate of drug-likeness (QED) is 0.555. The predicted octanol–water partition coefficient (Wildman–Crippen LogP) is 4.18. The first-order valence-electron chi connectivity index (χ1n) is 6.98. The van der Waals surface area contributed by atoms with Crippen molar-refractivity contribution in [2.24, 2.45) is 4.99 Å². The first-order valence-corrected chi connectivity index (χ1v) is 8.15. The van der Waals surface area contributed by atoms with Crippen LogP contribution in [-0.2, 0) is 9.53 Å². The van der Waals surface area contributed by atoms with Gasteiger partial charge >= 0.3 is 5.97 Å². The Morgan fingerprint density at radius 2 is 1.92 bits per heavy atom. The molecular formula is C17H9BrClNO4. The van der Waals surface area contributed by atoms with E-state index < -0.39 is 5.97 Å². The van der Waals surface area contributed by atoms with E-state index in [9.17, 15) is 4.79 Å². The van der Waals surface area contributed by atoms with Gasteiger partial charge in [-0.15, -0.1) is 0 Å². The fourth-order valence-corrected chi connectivity index (χ4v) is 3.00. The molecule has 0 aliphatic carbocycles. The molecule has 4 rings (SSSR count). The van der Waals surface area contributed by atoms with E-state index >= 15 is 0 Å². The van der Waals surface area contributed by atoms with E-state index in [1.54, 1.807) is 42.5 Å². The van der Waals surface area contributed by atoms with Gasteiger partial charge in [0.15, 0.2) is 17.2 Å². The molecule has 0 saturated carbocycles. The van der Waals surface area contributed by atoms with Crippen LogP contribution in [0.25, 0.3) is 6.08 Å². The summed E-state index contributed by atoms with van der Waals surface area (Å²) in [5, 5.41) is 0.467. The molecule has 24 heavy (non-hydrogen) atoms. The second-order valence-electron chi connectivity index (χ2n) is 5.04. The third-order valence-electron chi connectivity index (χ3n) is 3.51. The average Bonchev–Trinajstić information content (AvgIpc) is 3.15. The summed E-state index contributed by atoms with van der Waals surface area (Å²) in [7, 11) is 0. The van der Waals surface area contributed by atoms with Crippen molar-refractivity contribution in [2.75, 3.05) is 6.79 Å². The largest absolute Gasteiger partial charge is 0.454 e. The van der Waals surface area contributed by atoms with Crippen molar-refractivity contribution in [2.45, 2.75) is 0 Å². The van der Waals surface area contributed by atoms with Crippen LogP contribution in [0.15, 0.2) is 51.6 Å². The lowest BCUT2D eigenvalue weighted by atomic mass is 10.1. The monoisotopic (exact) mass is 405 g/mol. The highest BCUT2D eigenvalue weighted by molar-refractivity contribution is 9.10. The predicted molar refractivity (Wildman–Crippen MR) is 92.3 cm³/mol. The number of hydrogen-bond donors (Lipinski definition) is 0. The minimum atomic E-state index is -0.533. The molecule has 0 fully saturated rings. The standard InChI is InChI=1S/C17H9BrClNO4/c18-11-7-15-14(22-8-23-15)6-9(11)5-13-17(21)24-16(20-13)10-3-1-2-4-12(10)19/h1-7H,8H2/b13-5-. The topological polar surface area (TPSA) is 57.1 Å². The Morgan fingerprint density at radius 1 is 1.17 bits per heavy atom. The van der Waals surface area contributed by atoms with Crippen molar-refractivity contribution >= 4 is 45.5 Å². The van der Waals surface area contributed by atoms with Crippen LogP contribution < -0.4 is 9.47 Å². The normalized spacial score (nSPS) is 17.2. The average molecular weight is 407 g/mol. The fourth-order valence-electron chi connectivity index (χ4n) is 2.35. The summed E-state index contributed by atoms with van der Waals surface area (Å²) in [6, 6.07) is 10.6. The van der Waals surface area contributed by atoms with Gasteiger partial charge in [0.2, 0.25) is 12.7 Å². The minimum absolute atomic E-state index is 0.179. The van der Waals surface area contributed by atoms with Crippen molar-refractivity contribution in [3.63, 3.8) is 0 Å². The van der Waals surface area contributed by atoms with Crippen molar-refractivity contribution in [3.05, 3.63) is 62.7 Å². The second-order valence-corrected chi connectivity index (χ2v) is 6.30. The molecule has 0 atom stereocenters. The van der Waals surface area contributed by atoms with Gasteiger partial charge in [0.1, 0.15) is 0 Å². The Morgan fingerprint density at radius 3 is 2.71 bits per heavy atom. The Hall–Kier alpha value is -2.31. The molecule has 7 heteroatoms. The molecule has 0 amide bonds. The van der Waals surface area contributed by atoms with Gasteiger partial charge in [-0.3, -0.25) is 0 Å². The van der Waals surface area contributed by atoms with E-state index in [-0.39, 0.29) is 18.4 Å². The zero-order valence-corrected chi connectivity index (χ0v) is 14.4. The number of aliphatic imine (C=N–C) groups is 1. The molecule has 0 N–H and O–H groups in total. The van der Waals surface area contributed by atoms with Gasteiger partial charge in [-0.2, -0.15) is 0 Å². The third kappa shape index (κ3) is 2.68. The fraction of sp³-hybridized carbons (Fsp3) is 0.0588. The molecule has 0 unspecified atom stereocenters. The molecule has 2 aliphatic heterocycles. The molecule has 2 aliphatic rings. The highest BCUT2D eigenvalue weighted by atomic mass is 79.9. The summed E-state index contributed by atoms with van der Waals surface area (Å²) >= 11 is 9.57. The lowest BCUT2D eigenvalue weighted by molar-refractivity contribution is -0.129. The van der Waals surface area contributed by atoms with Crippen LogP contribution in [0, 0.1) is 0 Å². The number of halogens is 2. The molecule has 0 radical (unpaired) electrons. The number of benzene rings is 2. The maximum Gasteiger partial charge on any atom is 0.363 e. The molecule has 120 valence electrons. The maximum atomic E-state index is 12.1. The highest BCUT2D eigenvalue weighted by Crippen LogP contribution is 2.38. The molecule has 0 spiro atoms. The van der Waals surface area contributed by atoms with Gasteiger partial charge in [-0.05, 0) is 35.9 Å². The van der Waals surface area contributed by atoms with Crippen LogP contribution in [0.5, 0.6) is 11.5 Å². The van der Waals surface area contributed by atoms with Gasteiger partial charge in [0.25, 0.3) is 0 Å². The molecule has 0 bridgehead atoms. The summed E-state index contributed by atoms with van der Waals surface area (Å²) < 4.78 is 16.6. The molecule has 5 nitrogen and oxygen atoms in total. The van der Waals surface area contributed by atoms with Gasteiger partial charge in [-0.1, -0.05) is 39.7 Å². The first kappa shape index (κ1) is 15.2. The summed E-state index contributed by atoms with van der Waals surface area (Å²) in [5.74, 6) is 0.924. The molecule has 2 heterocycles. The van der Waals surface area contributed by atoms with Crippen molar-refractivity contribution in [1.29, 1.82) is 0 Å². The van der Waals surface area contributed by atoms with E-state index in [2.05, 4.69) is 20.9 Å². The van der Waals surface area contributed by atoms with Gasteiger partial charge in [0.05, 0.1) is 10.6 Å². The maximum absolute atomic E-state index is 12.1. The zero-order chi connectivity index (χ0) is 16.7. The summed E-state index contributed by atoms with van der Waals surface area (Å²) in [5.41, 5.74) is 1.49. The van der Waals surface area contributed by atoms with Crippen LogP contribution in [-0.4, -0.2) is 18.7 Å². The van der Waals surface area contributed by atoms with E-state index in [1.807, 2.05) is 0 Å². The van der Waals surface area contributed by atoms with Crippen molar-refractivity contribution in [1.82, 2.24) is 0 Å². The van der Waals surface area contributed by atoms with Gasteiger partial charge < -0.3 is 14.2 Å². The Bertz CT molecular complexity index is 923. The SMILES string of the molecule is O=C1OC(c2ccccc2Cl)=N/C1=C\c1cc2c(cc1Br)OCO2. The van der Waals surface area contributed by atoms with E-state index in [0.717, 1.165) is 10.0 Å².